The molecule has 0 amide bonds. The van der Waals surface area contributed by atoms with Crippen LogP contribution in [0.2, 0.25) is 0 Å². The molecule has 21 heavy (non-hydrogen) atoms. The van der Waals surface area contributed by atoms with E-state index in [4.69, 9.17) is 0 Å². The van der Waals surface area contributed by atoms with Crippen LogP contribution in [-0.2, 0) is 16.6 Å². The lowest BCUT2D eigenvalue weighted by Gasteiger charge is -2.18. The summed E-state index contributed by atoms with van der Waals surface area (Å²) in [6.07, 6.45) is 4.04. The first kappa shape index (κ1) is 16.4. The van der Waals surface area contributed by atoms with Crippen molar-refractivity contribution in [3.63, 3.8) is 0 Å². The Kier molecular flexibility index (Phi) is 5.37. The van der Waals surface area contributed by atoms with Crippen LogP contribution in [0.4, 0.5) is 0 Å². The summed E-state index contributed by atoms with van der Waals surface area (Å²) in [6, 6.07) is 1.89. The zero-order chi connectivity index (χ0) is 15.5. The van der Waals surface area contributed by atoms with Gasteiger partial charge in [0.15, 0.2) is 0 Å². The summed E-state index contributed by atoms with van der Waals surface area (Å²) >= 11 is 0. The molecule has 7 nitrogen and oxygen atoms in total. The van der Waals surface area contributed by atoms with Crippen LogP contribution in [0, 0.1) is 5.92 Å². The van der Waals surface area contributed by atoms with Gasteiger partial charge in [-0.2, -0.15) is 5.10 Å². The molecule has 2 heterocycles. The second-order valence-corrected chi connectivity index (χ2v) is 8.00. The highest BCUT2D eigenvalue weighted by molar-refractivity contribution is 7.89. The molecule has 1 aromatic heterocycles. The largest absolute Gasteiger partial charge is 0.391 e. The van der Waals surface area contributed by atoms with Gasteiger partial charge in [0.05, 0.1) is 11.9 Å². The fraction of sp³-hybridized carbons (Fsp3) is 0.769. The normalized spacial score (nSPS) is 24.0. The lowest BCUT2D eigenvalue weighted by molar-refractivity contribution is 0.148. The fourth-order valence-corrected chi connectivity index (χ4v) is 3.76. The van der Waals surface area contributed by atoms with E-state index in [0.29, 0.717) is 13.1 Å². The number of rotatable bonds is 7. The van der Waals surface area contributed by atoms with Crippen LogP contribution in [0.25, 0.3) is 0 Å². The van der Waals surface area contributed by atoms with Crippen molar-refractivity contribution in [2.75, 3.05) is 39.5 Å². The van der Waals surface area contributed by atoms with Crippen molar-refractivity contribution in [2.24, 2.45) is 5.92 Å². The first-order chi connectivity index (χ1) is 9.88. The zero-order valence-corrected chi connectivity index (χ0v) is 13.4. The van der Waals surface area contributed by atoms with Gasteiger partial charge in [-0.05, 0) is 12.5 Å². The number of likely N-dealkylation sites (tertiary alicyclic amines) is 1. The van der Waals surface area contributed by atoms with Gasteiger partial charge >= 0.3 is 0 Å². The van der Waals surface area contributed by atoms with Crippen LogP contribution in [0.1, 0.15) is 6.42 Å². The summed E-state index contributed by atoms with van der Waals surface area (Å²) in [5, 5.41) is 14.2. The molecule has 2 atom stereocenters. The summed E-state index contributed by atoms with van der Waals surface area (Å²) in [4.78, 5) is 2.13. The minimum absolute atomic E-state index is 0.0107. The van der Waals surface area contributed by atoms with Gasteiger partial charge in [-0.1, -0.05) is 0 Å². The predicted octanol–water partition coefficient (Wildman–Crippen LogP) is -0.543. The van der Waals surface area contributed by atoms with Crippen molar-refractivity contribution in [2.45, 2.75) is 19.1 Å². The zero-order valence-electron chi connectivity index (χ0n) is 12.6. The van der Waals surface area contributed by atoms with E-state index in [1.165, 1.54) is 18.4 Å². The highest BCUT2D eigenvalue weighted by Crippen LogP contribution is 2.20. The van der Waals surface area contributed by atoms with Gasteiger partial charge in [0, 0.05) is 58.6 Å². The SMILES string of the molecule is CN(C)S(=O)(=O)C[C@@H]1CN(CCCn2cccn2)C[C@@H]1O. The topological polar surface area (TPSA) is 78.7 Å². The molecule has 0 bridgehead atoms. The average molecular weight is 316 g/mol. The van der Waals surface area contributed by atoms with Crippen LogP contribution >= 0.6 is 0 Å². The predicted molar refractivity (Wildman–Crippen MR) is 80.3 cm³/mol. The second kappa shape index (κ2) is 6.87. The van der Waals surface area contributed by atoms with Crippen molar-refractivity contribution in [3.8, 4) is 0 Å². The molecule has 1 saturated heterocycles. The van der Waals surface area contributed by atoms with Crippen LogP contribution < -0.4 is 0 Å². The Hall–Kier alpha value is -0.960. The number of sulfonamides is 1. The van der Waals surface area contributed by atoms with Gasteiger partial charge in [0.25, 0.3) is 0 Å². The number of β-amino-alcohol motifs (C(OH)–C–C–N with tert-alkyl or cyclic N) is 1. The standard InChI is InChI=1S/C13H24N4O3S/c1-15(2)21(19,20)11-12-9-16(10-13(12)18)6-4-8-17-7-3-5-14-17/h3,5,7,12-13,18H,4,6,8-11H2,1-2H3/t12-,13-/m0/s1. The second-order valence-electron chi connectivity index (χ2n) is 5.77. The maximum Gasteiger partial charge on any atom is 0.214 e. The number of aromatic nitrogens is 2. The molecule has 0 aromatic carbocycles. The van der Waals surface area contributed by atoms with Crippen molar-refractivity contribution < 1.29 is 13.5 Å². The molecule has 1 aliphatic heterocycles. The molecule has 1 aromatic rings. The lowest BCUT2D eigenvalue weighted by Crippen LogP contribution is -2.33. The maximum atomic E-state index is 11.9. The van der Waals surface area contributed by atoms with Gasteiger partial charge in [0.2, 0.25) is 10.0 Å². The maximum absolute atomic E-state index is 11.9. The van der Waals surface area contributed by atoms with Crippen molar-refractivity contribution in [1.29, 1.82) is 0 Å². The van der Waals surface area contributed by atoms with Crippen LogP contribution in [0.15, 0.2) is 18.5 Å². The van der Waals surface area contributed by atoms with E-state index in [1.807, 2.05) is 16.9 Å². The highest BCUT2D eigenvalue weighted by atomic mass is 32.2. The Labute approximate surface area is 126 Å². The summed E-state index contributed by atoms with van der Waals surface area (Å²) in [5.41, 5.74) is 0. The average Bonchev–Trinajstić information content (AvgIpc) is 3.00. The highest BCUT2D eigenvalue weighted by Gasteiger charge is 2.34. The van der Waals surface area contributed by atoms with E-state index in [1.54, 1.807) is 6.20 Å². The number of nitrogens with zero attached hydrogens (tertiary/aromatic N) is 4. The Bertz CT molecular complexity index is 530. The van der Waals surface area contributed by atoms with Crippen LogP contribution in [0.3, 0.4) is 0 Å². The summed E-state index contributed by atoms with van der Waals surface area (Å²) in [7, 11) is -0.209. The van der Waals surface area contributed by atoms with E-state index in [2.05, 4.69) is 10.00 Å². The molecule has 0 radical (unpaired) electrons. The number of aliphatic hydroxyl groups excluding tert-OH is 1. The summed E-state index contributed by atoms with van der Waals surface area (Å²) in [5.74, 6) is -0.196. The fourth-order valence-electron chi connectivity index (χ4n) is 2.60. The van der Waals surface area contributed by atoms with E-state index in [0.717, 1.165) is 19.5 Å². The minimum atomic E-state index is -3.26. The Morgan fingerprint density at radius 1 is 1.33 bits per heavy atom. The van der Waals surface area contributed by atoms with E-state index >= 15 is 0 Å². The quantitative estimate of drug-likeness (QED) is 0.731. The van der Waals surface area contributed by atoms with Gasteiger partial charge in [0.1, 0.15) is 0 Å². The lowest BCUT2D eigenvalue weighted by atomic mass is 10.1. The molecule has 120 valence electrons. The van der Waals surface area contributed by atoms with E-state index in [-0.39, 0.29) is 11.7 Å². The van der Waals surface area contributed by atoms with Crippen molar-refractivity contribution in [3.05, 3.63) is 18.5 Å². The Morgan fingerprint density at radius 2 is 2.10 bits per heavy atom. The molecule has 2 rings (SSSR count). The van der Waals surface area contributed by atoms with Crippen LogP contribution in [-0.4, -0.2) is 78.1 Å². The summed E-state index contributed by atoms with van der Waals surface area (Å²) < 4.78 is 26.9. The first-order valence-electron chi connectivity index (χ1n) is 7.16. The van der Waals surface area contributed by atoms with Crippen LogP contribution in [0.5, 0.6) is 0 Å². The summed E-state index contributed by atoms with van der Waals surface area (Å²) in [6.45, 7) is 2.86. The van der Waals surface area contributed by atoms with Crippen molar-refractivity contribution in [1.82, 2.24) is 19.0 Å². The Morgan fingerprint density at radius 3 is 2.71 bits per heavy atom. The molecular formula is C13H24N4O3S. The monoisotopic (exact) mass is 316 g/mol. The number of aryl methyl sites for hydroxylation is 1. The number of aliphatic hydroxyl groups is 1. The van der Waals surface area contributed by atoms with E-state index < -0.39 is 16.1 Å². The Balaban J connectivity index is 1.78. The molecule has 0 saturated carbocycles. The molecular weight excluding hydrogens is 292 g/mol. The van der Waals surface area contributed by atoms with Gasteiger partial charge < -0.3 is 10.0 Å². The minimum Gasteiger partial charge on any atom is -0.391 e. The number of hydrogen-bond donors (Lipinski definition) is 1. The molecule has 8 heteroatoms. The third-order valence-electron chi connectivity index (χ3n) is 3.88. The number of hydrogen-bond acceptors (Lipinski definition) is 5. The van der Waals surface area contributed by atoms with Gasteiger partial charge in [-0.3, -0.25) is 4.68 Å². The molecule has 1 fully saturated rings. The molecule has 0 unspecified atom stereocenters. The van der Waals surface area contributed by atoms with Gasteiger partial charge in [-0.25, -0.2) is 12.7 Å². The smallest absolute Gasteiger partial charge is 0.214 e. The third-order valence-corrected chi connectivity index (χ3v) is 5.85. The molecule has 1 N–H and O–H groups in total. The molecule has 1 aliphatic rings. The molecule has 0 aliphatic carbocycles. The van der Waals surface area contributed by atoms with Gasteiger partial charge in [-0.15, -0.1) is 0 Å². The molecule has 0 spiro atoms. The third kappa shape index (κ3) is 4.50. The van der Waals surface area contributed by atoms with Crippen molar-refractivity contribution >= 4 is 10.0 Å². The first-order valence-corrected chi connectivity index (χ1v) is 8.77. The van der Waals surface area contributed by atoms with E-state index in [9.17, 15) is 13.5 Å².